The Balaban J connectivity index is 3.32. The molecule has 21 heteroatoms. The summed E-state index contributed by atoms with van der Waals surface area (Å²) in [5.74, 6) is -9.18. The Morgan fingerprint density at radius 3 is 1.60 bits per heavy atom. The van der Waals surface area contributed by atoms with Crippen LogP contribution in [0.4, 0.5) is 0 Å². The van der Waals surface area contributed by atoms with E-state index in [2.05, 4.69) is 31.9 Å². The Morgan fingerprint density at radius 1 is 0.612 bits per heavy atom. The van der Waals surface area contributed by atoms with Gasteiger partial charge in [-0.2, -0.15) is 0 Å². The lowest BCUT2D eigenvalue weighted by Gasteiger charge is -2.33. The molecule has 1 aliphatic rings. The molecule has 7 amide bonds. The summed E-state index contributed by atoms with van der Waals surface area (Å²) in [7, 11) is 0. The molecule has 0 aromatic heterocycles. The first-order chi connectivity index (χ1) is 31.0. The number of nitrogens with zero attached hydrogens (tertiary/aromatic N) is 1. The second-order valence-corrected chi connectivity index (χ2v) is 19.2. The lowest BCUT2D eigenvalue weighted by Crippen LogP contribution is -2.61. The van der Waals surface area contributed by atoms with Gasteiger partial charge < -0.3 is 51.0 Å². The minimum Gasteiger partial charge on any atom is -0.466 e. The van der Waals surface area contributed by atoms with Crippen LogP contribution < -0.4 is 31.9 Å². The average molecular weight is 952 g/mol. The highest BCUT2D eigenvalue weighted by Gasteiger charge is 2.41. The van der Waals surface area contributed by atoms with Crippen molar-refractivity contribution in [2.45, 2.75) is 195 Å². The molecule has 380 valence electrons. The molecular weight excluding hydrogens is 875 g/mol. The van der Waals surface area contributed by atoms with Gasteiger partial charge in [0.1, 0.15) is 41.4 Å². The normalized spacial score (nSPS) is 16.0. The molecule has 0 saturated carbocycles. The molecule has 67 heavy (non-hydrogen) atoms. The first-order valence-electron chi connectivity index (χ1n) is 23.2. The van der Waals surface area contributed by atoms with Crippen LogP contribution in [0.25, 0.3) is 0 Å². The third-order valence-electron chi connectivity index (χ3n) is 10.1. The van der Waals surface area contributed by atoms with Crippen molar-refractivity contribution < 1.29 is 67.0 Å². The highest BCUT2D eigenvalue weighted by molar-refractivity contribution is 6.38. The third-order valence-corrected chi connectivity index (χ3v) is 10.1. The van der Waals surface area contributed by atoms with E-state index in [9.17, 15) is 52.7 Å². The van der Waals surface area contributed by atoms with Gasteiger partial charge in [0.15, 0.2) is 0 Å². The number of ketones is 1. The monoisotopic (exact) mass is 952 g/mol. The summed E-state index contributed by atoms with van der Waals surface area (Å²) >= 11 is 0. The summed E-state index contributed by atoms with van der Waals surface area (Å²) in [4.78, 5) is 146. The van der Waals surface area contributed by atoms with E-state index in [1.165, 1.54) is 11.8 Å². The Bertz CT molecular complexity index is 1770. The largest absolute Gasteiger partial charge is 0.466 e. The van der Waals surface area contributed by atoms with Crippen LogP contribution in [-0.2, 0) is 67.0 Å². The molecule has 0 unspecified atom stereocenters. The van der Waals surface area contributed by atoms with Crippen LogP contribution in [-0.4, -0.2) is 137 Å². The van der Waals surface area contributed by atoms with Crippen LogP contribution in [0.1, 0.15) is 148 Å². The van der Waals surface area contributed by atoms with E-state index in [1.807, 2.05) is 0 Å². The van der Waals surface area contributed by atoms with E-state index >= 15 is 0 Å². The topological polar surface area (TPSA) is 291 Å². The first-order valence-corrected chi connectivity index (χ1v) is 23.2. The van der Waals surface area contributed by atoms with Crippen LogP contribution in [0.2, 0.25) is 0 Å². The summed E-state index contributed by atoms with van der Waals surface area (Å²) in [5, 5.41) is 15.4. The van der Waals surface area contributed by atoms with Crippen molar-refractivity contribution in [2.24, 2.45) is 11.8 Å². The van der Waals surface area contributed by atoms with Crippen LogP contribution in [0, 0.1) is 11.8 Å². The van der Waals surface area contributed by atoms with E-state index in [0.717, 1.165) is 0 Å². The minimum atomic E-state index is -1.45. The predicted molar refractivity (Wildman–Crippen MR) is 244 cm³/mol. The van der Waals surface area contributed by atoms with E-state index in [1.54, 1.807) is 83.1 Å². The van der Waals surface area contributed by atoms with Gasteiger partial charge in [0.2, 0.25) is 41.2 Å². The highest BCUT2D eigenvalue weighted by Crippen LogP contribution is 2.22. The van der Waals surface area contributed by atoms with Gasteiger partial charge in [0.25, 0.3) is 5.91 Å². The van der Waals surface area contributed by atoms with Crippen LogP contribution >= 0.6 is 0 Å². The molecule has 6 atom stereocenters. The van der Waals surface area contributed by atoms with Gasteiger partial charge in [0, 0.05) is 32.9 Å². The smallest absolute Gasteiger partial charge is 0.307 e. The summed E-state index contributed by atoms with van der Waals surface area (Å²) in [6.45, 7) is 21.4. The average Bonchev–Trinajstić information content (AvgIpc) is 3.70. The molecule has 1 rings (SSSR count). The van der Waals surface area contributed by atoms with Gasteiger partial charge in [-0.1, -0.05) is 41.0 Å². The SMILES string of the molecule is CCC[C@H](NC(=O)[C@@H]1CCCN1C(=O)[C@@H](NC(=O)[C@@H](NC(=O)[C@H](CCC(=O)OC(C)(C)C)NC(=O)[C@H](CCC(=O)OC(C)(C)C)NC(C)=O)C(C)C)C(C)C)C(=O)C(=O)NCCC(=O)OCC. The van der Waals surface area contributed by atoms with Crippen molar-refractivity contribution in [3.8, 4) is 0 Å². The summed E-state index contributed by atoms with van der Waals surface area (Å²) in [6.07, 6.45) is 0.0160. The predicted octanol–water partition coefficient (Wildman–Crippen LogP) is 1.42. The maximum absolute atomic E-state index is 14.2. The Hall–Kier alpha value is -5.63. The molecule has 0 aromatic carbocycles. The summed E-state index contributed by atoms with van der Waals surface area (Å²) in [5.41, 5.74) is -1.66. The van der Waals surface area contributed by atoms with E-state index in [4.69, 9.17) is 14.2 Å². The number of carbonyl (C=O) groups excluding carboxylic acids is 11. The Morgan fingerprint density at radius 2 is 1.12 bits per heavy atom. The molecule has 0 spiro atoms. The number of esters is 3. The molecule has 0 aromatic rings. The van der Waals surface area contributed by atoms with Gasteiger partial charge in [-0.05, 0) is 92.4 Å². The number of rotatable bonds is 26. The van der Waals surface area contributed by atoms with Crippen molar-refractivity contribution in [1.29, 1.82) is 0 Å². The van der Waals surface area contributed by atoms with Crippen molar-refractivity contribution in [1.82, 2.24) is 36.8 Å². The van der Waals surface area contributed by atoms with Gasteiger partial charge in [0.05, 0.1) is 19.1 Å². The number of Topliss-reactive ketones (excluding diaryl/α,β-unsaturated/α-hetero) is 1. The molecule has 1 saturated heterocycles. The second-order valence-electron chi connectivity index (χ2n) is 19.2. The molecule has 0 bridgehead atoms. The molecule has 21 nitrogen and oxygen atoms in total. The Kier molecular flexibility index (Phi) is 24.7. The fraction of sp³-hybridized carbons (Fsp3) is 0.761. The number of ether oxygens (including phenoxy) is 3. The minimum absolute atomic E-state index is 0.124. The fourth-order valence-electron chi connectivity index (χ4n) is 6.97. The number of carbonyl (C=O) groups is 11. The number of amides is 7. The zero-order valence-electron chi connectivity index (χ0n) is 41.8. The van der Waals surface area contributed by atoms with Crippen molar-refractivity contribution >= 4 is 65.0 Å². The van der Waals surface area contributed by atoms with Gasteiger partial charge in [-0.3, -0.25) is 52.7 Å². The molecule has 1 heterocycles. The van der Waals surface area contributed by atoms with E-state index in [-0.39, 0.29) is 64.6 Å². The van der Waals surface area contributed by atoms with Crippen molar-refractivity contribution in [3.63, 3.8) is 0 Å². The van der Waals surface area contributed by atoms with Crippen LogP contribution in [0.3, 0.4) is 0 Å². The molecule has 1 fully saturated rings. The molecule has 1 aliphatic heterocycles. The highest BCUT2D eigenvalue weighted by atomic mass is 16.6. The quantitative estimate of drug-likeness (QED) is 0.0406. The number of likely N-dealkylation sites (tertiary alicyclic amines) is 1. The number of hydrogen-bond donors (Lipinski definition) is 6. The maximum Gasteiger partial charge on any atom is 0.307 e. The zero-order chi connectivity index (χ0) is 51.4. The Labute approximate surface area is 394 Å². The lowest BCUT2D eigenvalue weighted by atomic mass is 9.98. The van der Waals surface area contributed by atoms with E-state index < -0.39 is 124 Å². The lowest BCUT2D eigenvalue weighted by molar-refractivity contribution is -0.156. The standard InChI is InChI=1S/C46H77N7O14/c1-14-17-29(38(58)43(63)47-24-23-33(55)65-15-2)49-41(61)32-18-16-25-53(32)44(64)37(27(5)6)52-42(62)36(26(3)4)51-40(60)31(20-22-35(57)67-46(11,12)13)50-39(59)30(48-28(7)54)19-21-34(56)66-45(8,9)10/h26-27,29-32,36-37H,14-25H2,1-13H3,(H,47,63)(H,48,54)(H,49,61)(H,50,59)(H,51,60)(H,52,62)/t29-,30-,31-,32-,36-,37-/m0/s1. The molecule has 0 aliphatic carbocycles. The van der Waals surface area contributed by atoms with Crippen LogP contribution in [0.15, 0.2) is 0 Å². The summed E-state index contributed by atoms with van der Waals surface area (Å²) in [6, 6.07) is -7.46. The number of hydrogen-bond acceptors (Lipinski definition) is 14. The second kappa shape index (κ2) is 27.9. The number of nitrogens with one attached hydrogen (secondary N) is 6. The summed E-state index contributed by atoms with van der Waals surface area (Å²) < 4.78 is 15.6. The van der Waals surface area contributed by atoms with Crippen LogP contribution in [0.5, 0.6) is 0 Å². The van der Waals surface area contributed by atoms with Crippen molar-refractivity contribution in [2.75, 3.05) is 19.7 Å². The fourth-order valence-corrected chi connectivity index (χ4v) is 6.97. The van der Waals surface area contributed by atoms with E-state index in [0.29, 0.717) is 12.8 Å². The maximum atomic E-state index is 14.2. The van der Waals surface area contributed by atoms with Crippen molar-refractivity contribution in [3.05, 3.63) is 0 Å². The van der Waals surface area contributed by atoms with Gasteiger partial charge in [-0.15, -0.1) is 0 Å². The third kappa shape index (κ3) is 22.1. The van der Waals surface area contributed by atoms with Gasteiger partial charge >= 0.3 is 17.9 Å². The molecular formula is C46H77N7O14. The zero-order valence-corrected chi connectivity index (χ0v) is 41.8. The van der Waals surface area contributed by atoms with Gasteiger partial charge in [-0.25, -0.2) is 0 Å². The first kappa shape index (κ1) is 59.4. The molecule has 6 N–H and O–H groups in total. The molecule has 0 radical (unpaired) electrons.